The number of allylic oxidation sites excluding steroid dienone is 1. The van der Waals surface area contributed by atoms with Crippen LogP contribution in [0.15, 0.2) is 11.6 Å². The predicted molar refractivity (Wildman–Crippen MR) is 292 cm³/mol. The number of ketones is 1. The van der Waals surface area contributed by atoms with Crippen molar-refractivity contribution in [2.24, 2.45) is 45.8 Å². The minimum atomic E-state index is -1.97. The van der Waals surface area contributed by atoms with Crippen LogP contribution < -0.4 is 5.32 Å². The molecule has 1 amide bonds. The van der Waals surface area contributed by atoms with Gasteiger partial charge < -0.3 is 74.0 Å². The maximum Gasteiger partial charge on any atom is 0.311 e. The molecule has 452 valence electrons. The van der Waals surface area contributed by atoms with Gasteiger partial charge in [-0.05, 0) is 149 Å². The van der Waals surface area contributed by atoms with Crippen LogP contribution in [0.4, 0.5) is 0 Å². The molecule has 5 aliphatic carbocycles. The molecule has 7 N–H and O–H groups in total. The number of likely N-dealkylation sites (N-methyl/N-ethyl adjacent to an activating group) is 1. The summed E-state index contributed by atoms with van der Waals surface area (Å²) in [5.74, 6) is -2.42. The molecule has 3 heterocycles. The lowest BCUT2D eigenvalue weighted by Crippen LogP contribution is -2.64. The lowest BCUT2D eigenvalue weighted by atomic mass is 9.45. The first kappa shape index (κ1) is 62.8. The molecule has 25 atom stereocenters. The van der Waals surface area contributed by atoms with Crippen LogP contribution in [-0.2, 0) is 47.5 Å². The van der Waals surface area contributed by atoms with Crippen molar-refractivity contribution >= 4 is 17.7 Å². The Kier molecular flexibility index (Phi) is 18.3. The lowest BCUT2D eigenvalue weighted by Gasteiger charge is -2.60. The lowest BCUT2D eigenvalue weighted by molar-refractivity contribution is -0.314. The van der Waals surface area contributed by atoms with E-state index in [0.29, 0.717) is 38.6 Å². The number of methoxy groups -OCH3 is 2. The van der Waals surface area contributed by atoms with Crippen LogP contribution in [0.2, 0.25) is 0 Å². The standard InChI is InChI=1S/C60H101N3O16/c1-16-43-58(11,71)48(67)35(5)63(25-17-24-61-53(70)60(74-15)23-21-40-39-19-18-37-27-38(64)20-22-55(37,8)45(39)42(65)28-56(40,60)9)31-54(7)30-59(54,72)50(79-52-46(66)41(62(12)13)26-32(2)75-52)33(3)47(34(4)51(69)77-43)78-44-29-57(10,73-14)49(68)36(6)76-44/h27,32-36,39-50,52,65-68,71-72H,16-26,28-31H2,1-15H3,(H,61,70)/t32-,33+,34-,35-,36-,39?,40?,41-,42+,43-,44-,45?,46-,47+,48-,49-,50?,52+,54+,55+,56+,57+,58-,59-,60+/m1/s1. The molecule has 4 saturated carbocycles. The van der Waals surface area contributed by atoms with Gasteiger partial charge in [0.2, 0.25) is 0 Å². The summed E-state index contributed by atoms with van der Waals surface area (Å²) in [5, 5.41) is 76.6. The summed E-state index contributed by atoms with van der Waals surface area (Å²) in [6.45, 7) is 20.9. The second-order valence-corrected chi connectivity index (χ2v) is 27.4. The van der Waals surface area contributed by atoms with E-state index < -0.39 is 118 Å². The third kappa shape index (κ3) is 10.9. The van der Waals surface area contributed by atoms with Gasteiger partial charge in [0.05, 0.1) is 47.6 Å². The highest BCUT2D eigenvalue weighted by molar-refractivity contribution is 5.91. The number of hydrogen-bond acceptors (Lipinski definition) is 18. The zero-order valence-electron chi connectivity index (χ0n) is 50.2. The van der Waals surface area contributed by atoms with Crippen LogP contribution in [0.25, 0.3) is 0 Å². The SMILES string of the molecule is CC[C@H]1OC(=O)[C@H](C)[C@@H](O[C@@H]2C[C@](C)(OC)[C@H](O)[C@@H](C)O2)[C@H](C)C(O[C@@H]2O[C@H](C)C[C@@H](N(C)C)[C@H]2O)[C@]2(O)C[C@@]2(C)CN(CCCNC(=O)[C@@]2(OC)CCC3C4CCC5=CC(=O)CC[C@]5(C)C4[C@@H](O)C[C@@]32C)[C@H](C)[C@@H](O)[C@]1(C)O. The number of hydrogen-bond donors (Lipinski definition) is 7. The van der Waals surface area contributed by atoms with E-state index >= 15 is 0 Å². The second-order valence-electron chi connectivity index (χ2n) is 27.4. The van der Waals surface area contributed by atoms with Crippen LogP contribution in [0, 0.1) is 45.8 Å². The van der Waals surface area contributed by atoms with Gasteiger partial charge in [0.1, 0.15) is 30.0 Å². The maximum absolute atomic E-state index is 14.8. The fraction of sp³-hybridized carbons (Fsp3) is 0.917. The van der Waals surface area contributed by atoms with Gasteiger partial charge in [-0.2, -0.15) is 0 Å². The average Bonchev–Trinajstić information content (AvgIpc) is 3.80. The topological polar surface area (TPSA) is 256 Å². The van der Waals surface area contributed by atoms with E-state index in [1.54, 1.807) is 41.7 Å². The minimum absolute atomic E-state index is 0.00879. The first-order chi connectivity index (χ1) is 36.8. The molecule has 79 heavy (non-hydrogen) atoms. The number of esters is 1. The van der Waals surface area contributed by atoms with Crippen molar-refractivity contribution in [1.29, 1.82) is 0 Å². The summed E-state index contributed by atoms with van der Waals surface area (Å²) >= 11 is 0. The molecule has 4 unspecified atom stereocenters. The fourth-order valence-electron chi connectivity index (χ4n) is 17.2. The largest absolute Gasteiger partial charge is 0.459 e. The Morgan fingerprint density at radius 3 is 2.24 bits per heavy atom. The summed E-state index contributed by atoms with van der Waals surface area (Å²) in [7, 11) is 6.86. The number of fused-ring (bicyclic) bond motifs is 6. The number of cyclic esters (lactones) is 1. The third-order valence-electron chi connectivity index (χ3n) is 22.4. The average molecular weight is 1120 g/mol. The highest BCUT2D eigenvalue weighted by atomic mass is 16.7. The molecule has 0 radical (unpaired) electrons. The van der Waals surface area contributed by atoms with Gasteiger partial charge in [-0.1, -0.05) is 40.2 Å². The van der Waals surface area contributed by atoms with Crippen LogP contribution in [0.1, 0.15) is 153 Å². The summed E-state index contributed by atoms with van der Waals surface area (Å²) in [6, 6.07) is -1.12. The van der Waals surface area contributed by atoms with Gasteiger partial charge in [-0.25, -0.2) is 0 Å². The number of aliphatic hydroxyl groups is 6. The molecule has 8 rings (SSSR count). The van der Waals surface area contributed by atoms with Gasteiger partial charge in [-0.15, -0.1) is 0 Å². The molecule has 19 nitrogen and oxygen atoms in total. The zero-order chi connectivity index (χ0) is 58.3. The monoisotopic (exact) mass is 1120 g/mol. The van der Waals surface area contributed by atoms with Crippen LogP contribution >= 0.6 is 0 Å². The molecule has 8 aliphatic rings. The van der Waals surface area contributed by atoms with Crippen molar-refractivity contribution in [2.45, 2.75) is 255 Å². The number of carbonyl (C=O) groups is 3. The minimum Gasteiger partial charge on any atom is -0.459 e. The molecule has 0 bridgehead atoms. The van der Waals surface area contributed by atoms with E-state index in [4.69, 9.17) is 33.2 Å². The summed E-state index contributed by atoms with van der Waals surface area (Å²) in [4.78, 5) is 46.0. The fourth-order valence-corrected chi connectivity index (χ4v) is 17.2. The van der Waals surface area contributed by atoms with Crippen molar-refractivity contribution in [3.8, 4) is 0 Å². The molecule has 0 aromatic rings. The molecule has 3 aliphatic heterocycles. The molecule has 19 heteroatoms. The smallest absolute Gasteiger partial charge is 0.311 e. The molecule has 0 spiro atoms. The van der Waals surface area contributed by atoms with Gasteiger partial charge in [-0.3, -0.25) is 19.3 Å². The number of carbonyl (C=O) groups excluding carboxylic acids is 3. The van der Waals surface area contributed by atoms with E-state index in [1.807, 2.05) is 50.7 Å². The molecule has 7 fully saturated rings. The Hall–Kier alpha value is -2.21. The van der Waals surface area contributed by atoms with E-state index in [9.17, 15) is 45.0 Å². The number of nitrogens with zero attached hydrogens (tertiary/aromatic N) is 2. The van der Waals surface area contributed by atoms with Crippen molar-refractivity contribution in [1.82, 2.24) is 15.1 Å². The van der Waals surface area contributed by atoms with Crippen LogP contribution in [0.3, 0.4) is 0 Å². The van der Waals surface area contributed by atoms with Crippen molar-refractivity contribution in [2.75, 3.05) is 47.9 Å². The first-order valence-corrected chi connectivity index (χ1v) is 29.9. The van der Waals surface area contributed by atoms with Crippen molar-refractivity contribution in [3.63, 3.8) is 0 Å². The Labute approximate surface area is 470 Å². The van der Waals surface area contributed by atoms with E-state index in [-0.39, 0.29) is 79.4 Å². The van der Waals surface area contributed by atoms with Gasteiger partial charge >= 0.3 is 5.97 Å². The number of ether oxygens (including phenoxy) is 7. The molecule has 0 aromatic heterocycles. The highest BCUT2D eigenvalue weighted by Crippen LogP contribution is 2.68. The van der Waals surface area contributed by atoms with Crippen molar-refractivity contribution in [3.05, 3.63) is 11.6 Å². The summed E-state index contributed by atoms with van der Waals surface area (Å²) < 4.78 is 44.9. The van der Waals surface area contributed by atoms with Gasteiger partial charge in [0.25, 0.3) is 5.91 Å². The number of amides is 1. The van der Waals surface area contributed by atoms with Gasteiger partial charge in [0.15, 0.2) is 24.0 Å². The van der Waals surface area contributed by atoms with E-state index in [0.717, 1.165) is 31.3 Å². The van der Waals surface area contributed by atoms with E-state index in [1.165, 1.54) is 14.0 Å². The summed E-state index contributed by atoms with van der Waals surface area (Å²) in [6.07, 6.45) is -3.19. The second kappa shape index (κ2) is 23.0. The van der Waals surface area contributed by atoms with Crippen molar-refractivity contribution < 1.29 is 78.2 Å². The molecule has 0 aromatic carbocycles. The maximum atomic E-state index is 14.8. The quantitative estimate of drug-likeness (QED) is 0.102. The molecular weight excluding hydrogens is 1020 g/mol. The Balaban J connectivity index is 1.07. The number of rotatable bonds is 13. The normalized spacial score (nSPS) is 50.8. The van der Waals surface area contributed by atoms with Crippen LogP contribution in [0.5, 0.6) is 0 Å². The van der Waals surface area contributed by atoms with Crippen LogP contribution in [-0.4, -0.2) is 208 Å². The van der Waals surface area contributed by atoms with E-state index in [2.05, 4.69) is 19.2 Å². The number of aliphatic hydroxyl groups excluding tert-OH is 4. The Morgan fingerprint density at radius 2 is 1.59 bits per heavy atom. The summed E-state index contributed by atoms with van der Waals surface area (Å²) in [5.41, 5.74) is -6.61. The molecular formula is C60H101N3O16. The highest BCUT2D eigenvalue weighted by Gasteiger charge is 2.72. The third-order valence-corrected chi connectivity index (χ3v) is 22.4. The Bertz CT molecular complexity index is 2240. The number of nitrogens with one attached hydrogen (secondary N) is 1. The Morgan fingerprint density at radius 1 is 0.899 bits per heavy atom. The van der Waals surface area contributed by atoms with Gasteiger partial charge in [0, 0.05) is 75.5 Å². The first-order valence-electron chi connectivity index (χ1n) is 29.9. The predicted octanol–water partition coefficient (Wildman–Crippen LogP) is 4.03. The zero-order valence-corrected chi connectivity index (χ0v) is 50.2. The molecule has 3 saturated heterocycles.